The predicted molar refractivity (Wildman–Crippen MR) is 60.9 cm³/mol. The van der Waals surface area contributed by atoms with Crippen molar-refractivity contribution in [1.29, 1.82) is 0 Å². The molecule has 0 aromatic rings. The molecule has 1 rings (SSSR count). The third-order valence-electron chi connectivity index (χ3n) is 3.06. The molecular formula is C11H22N2O3. The normalized spacial score (nSPS) is 28.8. The fourth-order valence-electron chi connectivity index (χ4n) is 2.30. The highest BCUT2D eigenvalue weighted by Gasteiger charge is 2.29. The topological polar surface area (TPSA) is 72.8 Å². The van der Waals surface area contributed by atoms with Crippen LogP contribution in [0.5, 0.6) is 0 Å². The Hall–Kier alpha value is -0.650. The Morgan fingerprint density at radius 2 is 2.25 bits per heavy atom. The molecular weight excluding hydrogens is 208 g/mol. The second-order valence-corrected chi connectivity index (χ2v) is 4.62. The highest BCUT2D eigenvalue weighted by Crippen LogP contribution is 2.19. The quantitative estimate of drug-likeness (QED) is 0.590. The minimum Gasteiger partial charge on any atom is -0.395 e. The van der Waals surface area contributed by atoms with Gasteiger partial charge in [-0.1, -0.05) is 0 Å². The van der Waals surface area contributed by atoms with E-state index >= 15 is 0 Å². The highest BCUT2D eigenvalue weighted by molar-refractivity contribution is 5.73. The molecule has 3 N–H and O–H groups in total. The Morgan fingerprint density at radius 1 is 1.56 bits per heavy atom. The molecule has 0 saturated carbocycles. The molecule has 0 bridgehead atoms. The fraction of sp³-hybridized carbons (Fsp3) is 0.909. The zero-order valence-electron chi connectivity index (χ0n) is 10.0. The lowest BCUT2D eigenvalue weighted by Crippen LogP contribution is -2.52. The van der Waals surface area contributed by atoms with Crippen LogP contribution in [0.25, 0.3) is 0 Å². The number of rotatable bonds is 4. The van der Waals surface area contributed by atoms with Gasteiger partial charge in [0.2, 0.25) is 5.91 Å². The van der Waals surface area contributed by atoms with Crippen molar-refractivity contribution in [3.63, 3.8) is 0 Å². The average Bonchev–Trinajstić information content (AvgIpc) is 2.16. The third-order valence-corrected chi connectivity index (χ3v) is 3.06. The Morgan fingerprint density at radius 3 is 2.75 bits per heavy atom. The maximum atomic E-state index is 11.0. The van der Waals surface area contributed by atoms with E-state index in [-0.39, 0.29) is 30.6 Å². The standard InChI is InChI=1S/C11H22N2O3/c1-8(15)10-5-11(12-9(2)16)7-13(6-10)3-4-14/h8,10-11,14-15H,3-7H2,1-2H3,(H,12,16). The van der Waals surface area contributed by atoms with E-state index in [1.807, 2.05) is 0 Å². The molecule has 1 aliphatic rings. The molecule has 94 valence electrons. The number of nitrogens with zero attached hydrogens (tertiary/aromatic N) is 1. The second-order valence-electron chi connectivity index (χ2n) is 4.62. The summed E-state index contributed by atoms with van der Waals surface area (Å²) in [6.07, 6.45) is 0.428. The number of aliphatic hydroxyl groups is 2. The minimum absolute atomic E-state index is 0.0415. The summed E-state index contributed by atoms with van der Waals surface area (Å²) in [6.45, 7) is 5.52. The van der Waals surface area contributed by atoms with Crippen LogP contribution in [-0.2, 0) is 4.79 Å². The molecule has 1 amide bonds. The largest absolute Gasteiger partial charge is 0.395 e. The van der Waals surface area contributed by atoms with Gasteiger partial charge < -0.3 is 15.5 Å². The lowest BCUT2D eigenvalue weighted by Gasteiger charge is -2.38. The summed E-state index contributed by atoms with van der Waals surface area (Å²) in [5.41, 5.74) is 0. The van der Waals surface area contributed by atoms with E-state index in [1.165, 1.54) is 6.92 Å². The molecule has 5 heteroatoms. The molecule has 1 aliphatic heterocycles. The summed E-state index contributed by atoms with van der Waals surface area (Å²) in [5, 5.41) is 21.4. The SMILES string of the molecule is CC(=O)NC1CC(C(C)O)CN(CCO)C1. The van der Waals surface area contributed by atoms with Crippen LogP contribution >= 0.6 is 0 Å². The summed E-state index contributed by atoms with van der Waals surface area (Å²) in [5.74, 6) is 0.123. The van der Waals surface area contributed by atoms with E-state index in [9.17, 15) is 9.90 Å². The van der Waals surface area contributed by atoms with Crippen molar-refractivity contribution < 1.29 is 15.0 Å². The molecule has 0 aromatic heterocycles. The van der Waals surface area contributed by atoms with Crippen molar-refractivity contribution >= 4 is 5.91 Å². The molecule has 1 heterocycles. The summed E-state index contributed by atoms with van der Waals surface area (Å²) in [7, 11) is 0. The van der Waals surface area contributed by atoms with Gasteiger partial charge in [0.25, 0.3) is 0 Å². The lowest BCUT2D eigenvalue weighted by atomic mass is 9.90. The van der Waals surface area contributed by atoms with E-state index in [1.54, 1.807) is 6.92 Å². The fourth-order valence-corrected chi connectivity index (χ4v) is 2.30. The smallest absolute Gasteiger partial charge is 0.217 e. The van der Waals surface area contributed by atoms with Crippen LogP contribution < -0.4 is 5.32 Å². The number of hydrogen-bond donors (Lipinski definition) is 3. The van der Waals surface area contributed by atoms with Gasteiger partial charge in [-0.05, 0) is 19.3 Å². The molecule has 0 aromatic carbocycles. The van der Waals surface area contributed by atoms with Crippen molar-refractivity contribution in [2.24, 2.45) is 5.92 Å². The summed E-state index contributed by atoms with van der Waals surface area (Å²) in [4.78, 5) is 13.1. The van der Waals surface area contributed by atoms with Crippen LogP contribution in [0.2, 0.25) is 0 Å². The number of carbonyl (C=O) groups excluding carboxylic acids is 1. The van der Waals surface area contributed by atoms with E-state index < -0.39 is 0 Å². The number of amides is 1. The van der Waals surface area contributed by atoms with E-state index in [0.29, 0.717) is 6.54 Å². The van der Waals surface area contributed by atoms with Crippen molar-refractivity contribution in [2.45, 2.75) is 32.4 Å². The van der Waals surface area contributed by atoms with Crippen molar-refractivity contribution in [3.05, 3.63) is 0 Å². The highest BCUT2D eigenvalue weighted by atomic mass is 16.3. The molecule has 1 saturated heterocycles. The second kappa shape index (κ2) is 6.18. The van der Waals surface area contributed by atoms with Gasteiger partial charge in [-0.3, -0.25) is 9.69 Å². The van der Waals surface area contributed by atoms with E-state index in [0.717, 1.165) is 19.5 Å². The summed E-state index contributed by atoms with van der Waals surface area (Å²) < 4.78 is 0. The first-order chi connectivity index (χ1) is 7.52. The molecule has 0 radical (unpaired) electrons. The van der Waals surface area contributed by atoms with Gasteiger partial charge in [0, 0.05) is 32.6 Å². The average molecular weight is 230 g/mol. The number of hydrogen-bond acceptors (Lipinski definition) is 4. The van der Waals surface area contributed by atoms with Gasteiger partial charge in [-0.2, -0.15) is 0 Å². The number of piperidine rings is 1. The van der Waals surface area contributed by atoms with E-state index in [2.05, 4.69) is 10.2 Å². The monoisotopic (exact) mass is 230 g/mol. The van der Waals surface area contributed by atoms with E-state index in [4.69, 9.17) is 5.11 Å². The van der Waals surface area contributed by atoms with Crippen molar-refractivity contribution in [2.75, 3.05) is 26.2 Å². The molecule has 3 unspecified atom stereocenters. The first-order valence-electron chi connectivity index (χ1n) is 5.81. The molecule has 3 atom stereocenters. The zero-order valence-corrected chi connectivity index (χ0v) is 10.0. The van der Waals surface area contributed by atoms with Gasteiger partial charge in [-0.15, -0.1) is 0 Å². The first-order valence-corrected chi connectivity index (χ1v) is 5.81. The van der Waals surface area contributed by atoms with Gasteiger partial charge in [-0.25, -0.2) is 0 Å². The van der Waals surface area contributed by atoms with Crippen LogP contribution in [0.4, 0.5) is 0 Å². The van der Waals surface area contributed by atoms with Crippen LogP contribution in [0.1, 0.15) is 20.3 Å². The Labute approximate surface area is 96.4 Å². The number of β-amino-alcohol motifs (C(OH)–C–C–N with tert-alkyl or cyclic N) is 1. The maximum Gasteiger partial charge on any atom is 0.217 e. The lowest BCUT2D eigenvalue weighted by molar-refractivity contribution is -0.120. The minimum atomic E-state index is -0.377. The Balaban J connectivity index is 2.55. The van der Waals surface area contributed by atoms with Crippen LogP contribution in [0, 0.1) is 5.92 Å². The van der Waals surface area contributed by atoms with Gasteiger partial charge in [0.15, 0.2) is 0 Å². The number of nitrogens with one attached hydrogen (secondary N) is 1. The predicted octanol–water partition coefficient (Wildman–Crippen LogP) is -0.814. The molecule has 16 heavy (non-hydrogen) atoms. The molecule has 0 spiro atoms. The molecule has 5 nitrogen and oxygen atoms in total. The first kappa shape index (κ1) is 13.4. The van der Waals surface area contributed by atoms with Gasteiger partial charge in [0.1, 0.15) is 0 Å². The Kier molecular flexibility index (Phi) is 5.18. The van der Waals surface area contributed by atoms with Crippen LogP contribution in [0.15, 0.2) is 0 Å². The summed E-state index contributed by atoms with van der Waals surface area (Å²) >= 11 is 0. The maximum absolute atomic E-state index is 11.0. The summed E-state index contributed by atoms with van der Waals surface area (Å²) in [6, 6.07) is 0.0809. The third kappa shape index (κ3) is 4.08. The van der Waals surface area contributed by atoms with Crippen LogP contribution in [-0.4, -0.2) is 59.4 Å². The molecule has 0 aliphatic carbocycles. The number of likely N-dealkylation sites (tertiary alicyclic amines) is 1. The van der Waals surface area contributed by atoms with Gasteiger partial charge in [0.05, 0.1) is 12.7 Å². The zero-order chi connectivity index (χ0) is 12.1. The number of carbonyl (C=O) groups is 1. The van der Waals surface area contributed by atoms with Crippen LogP contribution in [0.3, 0.4) is 0 Å². The van der Waals surface area contributed by atoms with Gasteiger partial charge >= 0.3 is 0 Å². The number of aliphatic hydroxyl groups excluding tert-OH is 2. The molecule has 1 fully saturated rings. The van der Waals surface area contributed by atoms with Crippen molar-refractivity contribution in [1.82, 2.24) is 10.2 Å². The van der Waals surface area contributed by atoms with Crippen molar-refractivity contribution in [3.8, 4) is 0 Å². The Bertz CT molecular complexity index is 233.